The van der Waals surface area contributed by atoms with E-state index < -0.39 is 30.1 Å². The van der Waals surface area contributed by atoms with E-state index in [1.54, 1.807) is 34.7 Å². The zero-order valence-corrected chi connectivity index (χ0v) is 31.7. The average molecular weight is 756 g/mol. The van der Waals surface area contributed by atoms with Crippen molar-refractivity contribution in [1.29, 1.82) is 0 Å². The molecule has 1 saturated heterocycles. The zero-order valence-electron chi connectivity index (χ0n) is 31.7. The Morgan fingerprint density at radius 3 is 2.44 bits per heavy atom. The number of hydrogen-bond acceptors (Lipinski definition) is 7. The van der Waals surface area contributed by atoms with Gasteiger partial charge in [-0.1, -0.05) is 57.1 Å². The first kappa shape index (κ1) is 38.1. The summed E-state index contributed by atoms with van der Waals surface area (Å²) >= 11 is 0. The number of amides is 3. The van der Waals surface area contributed by atoms with Crippen molar-refractivity contribution in [3.8, 4) is 11.1 Å². The third-order valence-electron chi connectivity index (χ3n) is 12.0. The Balaban J connectivity index is 1.06. The number of benzene rings is 2. The molecule has 2 saturated carbocycles. The highest BCUT2D eigenvalue weighted by molar-refractivity contribution is 6.00. The zero-order chi connectivity index (χ0) is 38.9. The summed E-state index contributed by atoms with van der Waals surface area (Å²) in [4.78, 5) is 65.5. The van der Waals surface area contributed by atoms with E-state index in [0.29, 0.717) is 53.9 Å². The molecule has 3 heterocycles. The van der Waals surface area contributed by atoms with Crippen LogP contribution in [-0.4, -0.2) is 97.2 Å². The molecule has 1 aliphatic heterocycles. The summed E-state index contributed by atoms with van der Waals surface area (Å²) in [6.07, 6.45) is 12.7. The van der Waals surface area contributed by atoms with Crippen molar-refractivity contribution >= 4 is 51.3 Å². The molecule has 0 unspecified atom stereocenters. The van der Waals surface area contributed by atoms with Gasteiger partial charge in [-0.3, -0.25) is 33.3 Å². The standard InChI is InChI=1S/C41H50FN7O6/c1-46(22-35(51)43-21-38(54)55)37(53)23-49-33-12-8-11-30(31-17-34-27(16-32(31)42)20-44-47(34)2)39(33)40(45-49)28-18-41(19-28)24-48(25-41)36(52)14-13-29(50)15-26-9-6-4-3-5-7-10-26/h8,11-12,16-17,20,26,28H,3-7,9-10,13-15,18-19,21-25H2,1-2H3,(H,43,51)(H,54,55). The van der Waals surface area contributed by atoms with Gasteiger partial charge in [0.1, 0.15) is 24.7 Å². The largest absolute Gasteiger partial charge is 0.480 e. The summed E-state index contributed by atoms with van der Waals surface area (Å²) in [5.41, 5.74) is 3.14. The van der Waals surface area contributed by atoms with Crippen molar-refractivity contribution in [3.05, 3.63) is 48.0 Å². The predicted molar refractivity (Wildman–Crippen MR) is 203 cm³/mol. The first-order chi connectivity index (χ1) is 26.4. The Labute approximate surface area is 319 Å². The molecular weight excluding hydrogens is 705 g/mol. The van der Waals surface area contributed by atoms with Crippen LogP contribution in [0.3, 0.4) is 0 Å². The monoisotopic (exact) mass is 755 g/mol. The van der Waals surface area contributed by atoms with Crippen molar-refractivity contribution in [1.82, 2.24) is 34.7 Å². The second-order valence-corrected chi connectivity index (χ2v) is 16.1. The van der Waals surface area contributed by atoms with Crippen LogP contribution in [0.5, 0.6) is 0 Å². The number of nitrogens with one attached hydrogen (secondary N) is 1. The Morgan fingerprint density at radius 1 is 0.982 bits per heavy atom. The maximum absolute atomic E-state index is 15.8. The van der Waals surface area contributed by atoms with Gasteiger partial charge in [0.25, 0.3) is 0 Å². The van der Waals surface area contributed by atoms with Crippen LogP contribution in [-0.2, 0) is 37.6 Å². The number of Topliss-reactive ketones (excluding diaryl/α,β-unsaturated/α-hetero) is 1. The quantitative estimate of drug-likeness (QED) is 0.189. The molecule has 0 atom stereocenters. The maximum Gasteiger partial charge on any atom is 0.322 e. The lowest BCUT2D eigenvalue weighted by molar-refractivity contribution is -0.152. The molecule has 55 heavy (non-hydrogen) atoms. The molecule has 0 bridgehead atoms. The molecule has 3 aliphatic rings. The van der Waals surface area contributed by atoms with Gasteiger partial charge in [0, 0.05) is 74.1 Å². The summed E-state index contributed by atoms with van der Waals surface area (Å²) in [5.74, 6) is -1.92. The van der Waals surface area contributed by atoms with Crippen molar-refractivity contribution in [3.63, 3.8) is 0 Å². The highest BCUT2D eigenvalue weighted by atomic mass is 19.1. The third-order valence-corrected chi connectivity index (χ3v) is 12.0. The van der Waals surface area contributed by atoms with E-state index in [2.05, 4.69) is 10.4 Å². The van der Waals surface area contributed by atoms with Crippen LogP contribution in [0, 0.1) is 17.2 Å². The highest BCUT2D eigenvalue weighted by Crippen LogP contribution is 2.57. The van der Waals surface area contributed by atoms with E-state index in [-0.39, 0.29) is 42.5 Å². The van der Waals surface area contributed by atoms with Crippen molar-refractivity contribution in [2.24, 2.45) is 18.4 Å². The first-order valence-corrected chi connectivity index (χ1v) is 19.5. The van der Waals surface area contributed by atoms with E-state index in [1.807, 2.05) is 17.0 Å². The van der Waals surface area contributed by atoms with Gasteiger partial charge in [0.05, 0.1) is 29.5 Å². The van der Waals surface area contributed by atoms with Crippen molar-refractivity contribution in [2.45, 2.75) is 89.5 Å². The molecule has 2 aromatic carbocycles. The normalized spacial score (nSPS) is 17.4. The minimum absolute atomic E-state index is 0.00521. The van der Waals surface area contributed by atoms with Gasteiger partial charge >= 0.3 is 5.97 Å². The molecule has 3 fully saturated rings. The molecule has 13 nitrogen and oxygen atoms in total. The number of hydrogen-bond donors (Lipinski definition) is 2. The summed E-state index contributed by atoms with van der Waals surface area (Å²) in [5, 5.41) is 21.8. The number of aromatic nitrogens is 4. The number of likely N-dealkylation sites (tertiary alicyclic amines) is 1. The Kier molecular flexibility index (Phi) is 11.0. The molecule has 2 aromatic heterocycles. The number of fused-ring (bicyclic) bond motifs is 2. The number of carbonyl (C=O) groups excluding carboxylic acids is 4. The van der Waals surface area contributed by atoms with Crippen LogP contribution in [0.1, 0.15) is 88.7 Å². The Hall–Kier alpha value is -5.14. The van der Waals surface area contributed by atoms with Crippen LogP contribution in [0.2, 0.25) is 0 Å². The van der Waals surface area contributed by atoms with Crippen LogP contribution in [0.25, 0.3) is 32.9 Å². The van der Waals surface area contributed by atoms with Crippen LogP contribution in [0.15, 0.2) is 36.5 Å². The number of halogens is 1. The van der Waals surface area contributed by atoms with E-state index in [9.17, 15) is 24.0 Å². The fraction of sp³-hybridized carbons (Fsp3) is 0.537. The summed E-state index contributed by atoms with van der Waals surface area (Å²) in [7, 11) is 3.27. The molecule has 292 valence electrons. The molecule has 3 amide bonds. The first-order valence-electron chi connectivity index (χ1n) is 19.5. The van der Waals surface area contributed by atoms with Gasteiger partial charge < -0.3 is 20.2 Å². The number of carboxylic acid groups (broad SMARTS) is 1. The van der Waals surface area contributed by atoms with Gasteiger partial charge in [0.2, 0.25) is 17.7 Å². The van der Waals surface area contributed by atoms with Gasteiger partial charge in [-0.15, -0.1) is 0 Å². The molecule has 7 rings (SSSR count). The minimum atomic E-state index is -1.19. The number of nitrogens with zero attached hydrogens (tertiary/aromatic N) is 6. The maximum atomic E-state index is 15.8. The number of likely N-dealkylation sites (N-methyl/N-ethyl adjacent to an activating group) is 1. The van der Waals surface area contributed by atoms with Crippen LogP contribution >= 0.6 is 0 Å². The number of aryl methyl sites for hydroxylation is 1. The van der Waals surface area contributed by atoms with Crippen molar-refractivity contribution in [2.75, 3.05) is 33.2 Å². The second kappa shape index (κ2) is 15.9. The molecule has 0 radical (unpaired) electrons. The minimum Gasteiger partial charge on any atom is -0.480 e. The molecular formula is C41H50FN7O6. The molecule has 2 aliphatic carbocycles. The average Bonchev–Trinajstić information content (AvgIpc) is 3.65. The summed E-state index contributed by atoms with van der Waals surface area (Å²) in [6.45, 7) is 0.194. The number of aliphatic carboxylic acids is 1. The number of ketones is 1. The van der Waals surface area contributed by atoms with Crippen LogP contribution in [0.4, 0.5) is 4.39 Å². The highest BCUT2D eigenvalue weighted by Gasteiger charge is 2.54. The summed E-state index contributed by atoms with van der Waals surface area (Å²) in [6, 6.07) is 8.76. The van der Waals surface area contributed by atoms with E-state index in [1.165, 1.54) is 50.1 Å². The fourth-order valence-electron chi connectivity index (χ4n) is 9.00. The SMILES string of the molecule is CN(CC(=O)NCC(=O)O)C(=O)Cn1nc(C2CC3(C2)CN(C(=O)CCC(=O)CC2CCCCCCC2)C3)c2c(-c3cc4c(cnn4C)cc3F)cccc21. The number of carboxylic acids is 1. The van der Waals surface area contributed by atoms with E-state index in [0.717, 1.165) is 42.3 Å². The topological polar surface area (TPSA) is 160 Å². The van der Waals surface area contributed by atoms with Gasteiger partial charge in [-0.05, 0) is 42.5 Å². The summed E-state index contributed by atoms with van der Waals surface area (Å²) < 4.78 is 19.1. The number of rotatable bonds is 13. The van der Waals surface area contributed by atoms with Crippen molar-refractivity contribution < 1.29 is 33.5 Å². The molecule has 1 spiro atoms. The Bertz CT molecular complexity index is 2120. The van der Waals surface area contributed by atoms with Gasteiger partial charge in [-0.25, -0.2) is 4.39 Å². The lowest BCUT2D eigenvalue weighted by Crippen LogP contribution is -2.63. The molecule has 14 heteroatoms. The van der Waals surface area contributed by atoms with Gasteiger partial charge in [-0.2, -0.15) is 10.2 Å². The lowest BCUT2D eigenvalue weighted by Gasteiger charge is -2.59. The predicted octanol–water partition coefficient (Wildman–Crippen LogP) is 5.19. The molecule has 2 N–H and O–H groups in total. The van der Waals surface area contributed by atoms with E-state index in [4.69, 9.17) is 10.2 Å². The number of carbonyl (C=O) groups is 5. The second-order valence-electron chi connectivity index (χ2n) is 16.1. The Morgan fingerprint density at radius 2 is 1.71 bits per heavy atom. The van der Waals surface area contributed by atoms with Gasteiger partial charge in [0.15, 0.2) is 0 Å². The van der Waals surface area contributed by atoms with E-state index >= 15 is 4.39 Å². The fourth-order valence-corrected chi connectivity index (χ4v) is 9.00. The molecule has 4 aromatic rings. The van der Waals surface area contributed by atoms with Crippen LogP contribution < -0.4 is 5.32 Å². The smallest absolute Gasteiger partial charge is 0.322 e. The third kappa shape index (κ3) is 8.28. The lowest BCUT2D eigenvalue weighted by atomic mass is 9.56.